The first-order valence-corrected chi connectivity index (χ1v) is 8.66. The third-order valence-corrected chi connectivity index (χ3v) is 4.87. The molecule has 0 saturated carbocycles. The van der Waals surface area contributed by atoms with Crippen molar-refractivity contribution in [1.29, 1.82) is 0 Å². The summed E-state index contributed by atoms with van der Waals surface area (Å²) in [7, 11) is 0. The van der Waals surface area contributed by atoms with E-state index in [0.29, 0.717) is 15.6 Å². The number of esters is 1. The molecule has 2 rings (SSSR count). The highest BCUT2D eigenvalue weighted by atomic mass is 35.5. The molecule has 1 aliphatic rings. The second-order valence-electron chi connectivity index (χ2n) is 5.68. The molecule has 126 valence electrons. The molecule has 0 N–H and O–H groups in total. The summed E-state index contributed by atoms with van der Waals surface area (Å²) in [5.74, 6) is -0.631. The van der Waals surface area contributed by atoms with Gasteiger partial charge in [0.1, 0.15) is 0 Å². The van der Waals surface area contributed by atoms with Crippen molar-refractivity contribution in [2.24, 2.45) is 0 Å². The highest BCUT2D eigenvalue weighted by molar-refractivity contribution is 6.36. The van der Waals surface area contributed by atoms with E-state index in [4.69, 9.17) is 27.9 Å². The quantitative estimate of drug-likeness (QED) is 0.751. The summed E-state index contributed by atoms with van der Waals surface area (Å²) in [6, 6.07) is 5.30. The molecule has 4 nitrogen and oxygen atoms in total. The number of hydrogen-bond donors (Lipinski definition) is 0. The van der Waals surface area contributed by atoms with Crippen LogP contribution in [0.4, 0.5) is 0 Å². The molecule has 23 heavy (non-hydrogen) atoms. The van der Waals surface area contributed by atoms with Gasteiger partial charge in [0.2, 0.25) is 0 Å². The summed E-state index contributed by atoms with van der Waals surface area (Å²) in [6.45, 7) is 2.59. The molecule has 0 bridgehead atoms. The molecule has 1 unspecified atom stereocenters. The molecule has 1 aromatic rings. The number of nitrogens with zero attached hydrogens (tertiary/aromatic N) is 1. The Morgan fingerprint density at radius 1 is 1.26 bits per heavy atom. The van der Waals surface area contributed by atoms with Gasteiger partial charge in [-0.1, -0.05) is 36.2 Å². The number of halogens is 2. The molecule has 1 amide bonds. The number of likely N-dealkylation sites (tertiary alicyclic amines) is 1. The van der Waals surface area contributed by atoms with E-state index in [1.165, 1.54) is 0 Å². The number of ether oxygens (including phenoxy) is 1. The lowest BCUT2D eigenvalue weighted by atomic mass is 10.00. The molecule has 6 heteroatoms. The lowest BCUT2D eigenvalue weighted by Gasteiger charge is -2.35. The zero-order chi connectivity index (χ0) is 16.8. The van der Waals surface area contributed by atoms with Crippen LogP contribution in [-0.2, 0) is 20.7 Å². The fraction of sp³-hybridized carbons (Fsp3) is 0.529. The number of rotatable bonds is 5. The summed E-state index contributed by atoms with van der Waals surface area (Å²) in [5.41, 5.74) is 0.526. The van der Waals surface area contributed by atoms with Crippen molar-refractivity contribution in [2.45, 2.75) is 45.1 Å². The van der Waals surface area contributed by atoms with Crippen molar-refractivity contribution >= 4 is 35.1 Å². The number of carbonyl (C=O) groups is 2. The predicted molar refractivity (Wildman–Crippen MR) is 90.8 cm³/mol. The molecular weight excluding hydrogens is 337 g/mol. The Hall–Kier alpha value is -1.26. The van der Waals surface area contributed by atoms with Crippen molar-refractivity contribution in [2.75, 3.05) is 13.2 Å². The normalized spacial score (nSPS) is 17.9. The molecule has 1 aromatic carbocycles. The standard InChI is InChI=1S/C17H21Cl2NO3/c1-2-12-6-3-4-9-20(12)16(21)11-23-17(22)10-13-14(18)7-5-8-15(13)19/h5,7-8,12H,2-4,6,9-11H2,1H3. The molecular formula is C17H21Cl2NO3. The third kappa shape index (κ3) is 4.85. The summed E-state index contributed by atoms with van der Waals surface area (Å²) in [5, 5.41) is 0.839. The van der Waals surface area contributed by atoms with Crippen molar-refractivity contribution < 1.29 is 14.3 Å². The monoisotopic (exact) mass is 357 g/mol. The average Bonchev–Trinajstić information content (AvgIpc) is 2.56. The summed E-state index contributed by atoms with van der Waals surface area (Å²) in [4.78, 5) is 26.0. The van der Waals surface area contributed by atoms with Crippen LogP contribution in [-0.4, -0.2) is 36.0 Å². The topological polar surface area (TPSA) is 46.6 Å². The van der Waals surface area contributed by atoms with Crippen molar-refractivity contribution in [3.05, 3.63) is 33.8 Å². The molecule has 1 aliphatic heterocycles. The minimum atomic E-state index is -0.501. The molecule has 0 radical (unpaired) electrons. The van der Waals surface area contributed by atoms with Crippen LogP contribution in [0.2, 0.25) is 10.0 Å². The number of piperidine rings is 1. The highest BCUT2D eigenvalue weighted by Gasteiger charge is 2.26. The molecule has 0 aliphatic carbocycles. The van der Waals surface area contributed by atoms with Crippen molar-refractivity contribution in [1.82, 2.24) is 4.90 Å². The van der Waals surface area contributed by atoms with Gasteiger partial charge in [-0.2, -0.15) is 0 Å². The summed E-state index contributed by atoms with van der Waals surface area (Å²) < 4.78 is 5.12. The van der Waals surface area contributed by atoms with Gasteiger partial charge in [0.25, 0.3) is 5.91 Å². The molecule has 0 spiro atoms. The van der Waals surface area contributed by atoms with Crippen LogP contribution in [0.5, 0.6) is 0 Å². The van der Waals surface area contributed by atoms with E-state index in [1.807, 2.05) is 4.90 Å². The molecule has 0 aromatic heterocycles. The van der Waals surface area contributed by atoms with Crippen LogP contribution in [0.25, 0.3) is 0 Å². The van der Waals surface area contributed by atoms with Gasteiger partial charge in [0.05, 0.1) is 6.42 Å². The Labute approximate surface area is 146 Å². The van der Waals surface area contributed by atoms with Crippen LogP contribution in [0, 0.1) is 0 Å². The van der Waals surface area contributed by atoms with E-state index in [2.05, 4.69) is 6.92 Å². The van der Waals surface area contributed by atoms with Gasteiger partial charge in [-0.15, -0.1) is 0 Å². The smallest absolute Gasteiger partial charge is 0.310 e. The molecule has 1 saturated heterocycles. The zero-order valence-electron chi connectivity index (χ0n) is 13.2. The first-order valence-electron chi connectivity index (χ1n) is 7.91. The average molecular weight is 358 g/mol. The van der Waals surface area contributed by atoms with Crippen LogP contribution in [0.15, 0.2) is 18.2 Å². The van der Waals surface area contributed by atoms with Gasteiger partial charge in [0, 0.05) is 28.2 Å². The Morgan fingerprint density at radius 3 is 2.61 bits per heavy atom. The van der Waals surface area contributed by atoms with E-state index in [-0.39, 0.29) is 25.0 Å². The Balaban J connectivity index is 1.87. The van der Waals surface area contributed by atoms with Crippen molar-refractivity contribution in [3.63, 3.8) is 0 Å². The lowest BCUT2D eigenvalue weighted by molar-refractivity contribution is -0.153. The van der Waals surface area contributed by atoms with Gasteiger partial charge in [0.15, 0.2) is 6.61 Å². The number of benzene rings is 1. The van der Waals surface area contributed by atoms with E-state index < -0.39 is 5.97 Å². The van der Waals surface area contributed by atoms with Gasteiger partial charge in [-0.05, 0) is 37.8 Å². The van der Waals surface area contributed by atoms with Crippen LogP contribution in [0.3, 0.4) is 0 Å². The van der Waals surface area contributed by atoms with Crippen molar-refractivity contribution in [3.8, 4) is 0 Å². The first kappa shape index (κ1) is 18.1. The molecule has 1 atom stereocenters. The second-order valence-corrected chi connectivity index (χ2v) is 6.50. The summed E-state index contributed by atoms with van der Waals surface area (Å²) >= 11 is 12.1. The van der Waals surface area contributed by atoms with Crippen LogP contribution in [0.1, 0.15) is 38.2 Å². The summed E-state index contributed by atoms with van der Waals surface area (Å²) in [6.07, 6.45) is 4.06. The number of hydrogen-bond acceptors (Lipinski definition) is 3. The highest BCUT2D eigenvalue weighted by Crippen LogP contribution is 2.25. The van der Waals surface area contributed by atoms with Gasteiger partial charge >= 0.3 is 5.97 Å². The minimum absolute atomic E-state index is 0.0387. The van der Waals surface area contributed by atoms with E-state index in [1.54, 1.807) is 18.2 Å². The van der Waals surface area contributed by atoms with Gasteiger partial charge in [-0.25, -0.2) is 0 Å². The SMILES string of the molecule is CCC1CCCCN1C(=O)COC(=O)Cc1c(Cl)cccc1Cl. The van der Waals surface area contributed by atoms with Crippen LogP contribution < -0.4 is 0 Å². The zero-order valence-corrected chi connectivity index (χ0v) is 14.7. The Bertz CT molecular complexity index is 557. The first-order chi connectivity index (χ1) is 11.0. The lowest BCUT2D eigenvalue weighted by Crippen LogP contribution is -2.45. The maximum atomic E-state index is 12.3. The number of carbonyl (C=O) groups excluding carboxylic acids is 2. The second kappa shape index (κ2) is 8.55. The third-order valence-electron chi connectivity index (χ3n) is 4.16. The predicted octanol–water partition coefficient (Wildman–Crippen LogP) is 3.87. The molecule has 1 heterocycles. The maximum Gasteiger partial charge on any atom is 0.310 e. The van der Waals surface area contributed by atoms with E-state index in [0.717, 1.165) is 32.2 Å². The largest absolute Gasteiger partial charge is 0.455 e. The van der Waals surface area contributed by atoms with E-state index in [9.17, 15) is 9.59 Å². The maximum absolute atomic E-state index is 12.3. The Kier molecular flexibility index (Phi) is 6.72. The van der Waals surface area contributed by atoms with Gasteiger partial charge < -0.3 is 9.64 Å². The minimum Gasteiger partial charge on any atom is -0.455 e. The van der Waals surface area contributed by atoms with Crippen LogP contribution >= 0.6 is 23.2 Å². The number of amides is 1. The van der Waals surface area contributed by atoms with E-state index >= 15 is 0 Å². The fourth-order valence-electron chi connectivity index (χ4n) is 2.88. The Morgan fingerprint density at radius 2 is 1.96 bits per heavy atom. The van der Waals surface area contributed by atoms with Gasteiger partial charge in [-0.3, -0.25) is 9.59 Å². The molecule has 1 fully saturated rings. The fourth-order valence-corrected chi connectivity index (χ4v) is 3.41.